The van der Waals surface area contributed by atoms with E-state index in [4.69, 9.17) is 9.47 Å². The van der Waals surface area contributed by atoms with Crippen LogP contribution in [-0.4, -0.2) is 56.5 Å². The van der Waals surface area contributed by atoms with E-state index in [-0.39, 0.29) is 54.4 Å². The van der Waals surface area contributed by atoms with E-state index in [1.807, 2.05) is 13.0 Å². The summed E-state index contributed by atoms with van der Waals surface area (Å²) in [6.07, 6.45) is 1.66. The Balaban J connectivity index is 0.00000196. The van der Waals surface area contributed by atoms with Gasteiger partial charge in [-0.05, 0) is 32.3 Å². The summed E-state index contributed by atoms with van der Waals surface area (Å²) in [4.78, 5) is 12.6. The highest BCUT2D eigenvalue weighted by Crippen LogP contribution is 2.25. The monoisotopic (exact) mass is 433 g/mol. The fourth-order valence-electron chi connectivity index (χ4n) is 3.81. The van der Waals surface area contributed by atoms with Crippen LogP contribution in [0.3, 0.4) is 0 Å². The summed E-state index contributed by atoms with van der Waals surface area (Å²) in [7, 11) is 0. The third kappa shape index (κ3) is 6.58. The number of morpholine rings is 1. The highest BCUT2D eigenvalue weighted by Gasteiger charge is 2.36. The number of amides is 1. The quantitative estimate of drug-likeness (QED) is 0.641. The molecule has 1 unspecified atom stereocenters. The molecular formula is C20H33Cl2N3O3. The summed E-state index contributed by atoms with van der Waals surface area (Å²) in [5.74, 6) is 0.0113. The maximum atomic E-state index is 12.6. The minimum Gasteiger partial charge on any atom is -0.381 e. The molecule has 0 saturated carbocycles. The van der Waals surface area contributed by atoms with Crippen LogP contribution in [0.5, 0.6) is 0 Å². The Morgan fingerprint density at radius 1 is 1.21 bits per heavy atom. The van der Waals surface area contributed by atoms with Gasteiger partial charge in [-0.1, -0.05) is 30.3 Å². The van der Waals surface area contributed by atoms with Gasteiger partial charge >= 0.3 is 0 Å². The second kappa shape index (κ2) is 12.0. The van der Waals surface area contributed by atoms with Gasteiger partial charge in [0.05, 0.1) is 12.7 Å². The summed E-state index contributed by atoms with van der Waals surface area (Å²) in [5, 5.41) is 10.2. The van der Waals surface area contributed by atoms with Crippen molar-refractivity contribution in [3.63, 3.8) is 0 Å². The summed E-state index contributed by atoms with van der Waals surface area (Å²) in [5.41, 5.74) is 1.10. The minimum absolute atomic E-state index is 0. The van der Waals surface area contributed by atoms with E-state index in [2.05, 4.69) is 47.1 Å². The number of rotatable bonds is 6. The molecule has 28 heavy (non-hydrogen) atoms. The van der Waals surface area contributed by atoms with Crippen molar-refractivity contribution >= 4 is 30.7 Å². The second-order valence-electron chi connectivity index (χ2n) is 7.39. The third-order valence-electron chi connectivity index (χ3n) is 5.47. The Morgan fingerprint density at radius 3 is 2.54 bits per heavy atom. The van der Waals surface area contributed by atoms with Gasteiger partial charge in [0.1, 0.15) is 6.04 Å². The van der Waals surface area contributed by atoms with Gasteiger partial charge < -0.3 is 25.4 Å². The smallest absolute Gasteiger partial charge is 0.239 e. The molecule has 8 heteroatoms. The molecule has 2 fully saturated rings. The summed E-state index contributed by atoms with van der Waals surface area (Å²) >= 11 is 0. The van der Waals surface area contributed by atoms with E-state index >= 15 is 0 Å². The third-order valence-corrected chi connectivity index (χ3v) is 5.47. The number of benzene rings is 1. The van der Waals surface area contributed by atoms with Crippen LogP contribution in [0, 0.1) is 0 Å². The van der Waals surface area contributed by atoms with Gasteiger partial charge in [0.2, 0.25) is 5.91 Å². The second-order valence-corrected chi connectivity index (χ2v) is 7.39. The Hall–Kier alpha value is -0.890. The zero-order chi connectivity index (χ0) is 18.4. The van der Waals surface area contributed by atoms with Crippen molar-refractivity contribution in [1.29, 1.82) is 0 Å². The van der Waals surface area contributed by atoms with Crippen LogP contribution >= 0.6 is 24.8 Å². The molecule has 0 bridgehead atoms. The Labute approximate surface area is 180 Å². The van der Waals surface area contributed by atoms with E-state index in [0.29, 0.717) is 32.9 Å². The average molecular weight is 434 g/mol. The maximum Gasteiger partial charge on any atom is 0.239 e. The number of halogens is 2. The Morgan fingerprint density at radius 2 is 1.89 bits per heavy atom. The van der Waals surface area contributed by atoms with Crippen molar-refractivity contribution in [2.75, 3.05) is 32.9 Å². The summed E-state index contributed by atoms with van der Waals surface area (Å²) in [6, 6.07) is 10.3. The number of nitrogens with one attached hydrogen (secondary N) is 3. The summed E-state index contributed by atoms with van der Waals surface area (Å²) in [6.45, 7) is 7.50. The molecule has 2 heterocycles. The first-order valence-electron chi connectivity index (χ1n) is 9.63. The molecule has 0 aliphatic carbocycles. The van der Waals surface area contributed by atoms with E-state index in [1.165, 1.54) is 5.56 Å². The molecule has 2 aliphatic heterocycles. The molecule has 1 amide bonds. The van der Waals surface area contributed by atoms with Crippen molar-refractivity contribution in [3.05, 3.63) is 35.9 Å². The predicted molar refractivity (Wildman–Crippen MR) is 115 cm³/mol. The Bertz CT molecular complexity index is 585. The molecule has 3 N–H and O–H groups in total. The first-order valence-corrected chi connectivity index (χ1v) is 9.63. The molecule has 3 atom stereocenters. The molecule has 3 rings (SSSR count). The van der Waals surface area contributed by atoms with Crippen molar-refractivity contribution in [2.24, 2.45) is 0 Å². The van der Waals surface area contributed by atoms with Gasteiger partial charge in [-0.2, -0.15) is 0 Å². The summed E-state index contributed by atoms with van der Waals surface area (Å²) < 4.78 is 11.2. The van der Waals surface area contributed by atoms with Crippen LogP contribution in [0.2, 0.25) is 0 Å². The fourth-order valence-corrected chi connectivity index (χ4v) is 3.81. The lowest BCUT2D eigenvalue weighted by molar-refractivity contribution is -0.129. The van der Waals surface area contributed by atoms with E-state index < -0.39 is 0 Å². The SMILES string of the molecule is CC(NC1(CNC(=O)[C@H]2NCCO[C@@H]2C)CCOCC1)c1ccccc1.Cl.Cl. The molecular weight excluding hydrogens is 401 g/mol. The fraction of sp³-hybridized carbons (Fsp3) is 0.650. The average Bonchev–Trinajstić information content (AvgIpc) is 2.68. The molecule has 0 spiro atoms. The van der Waals surface area contributed by atoms with E-state index in [1.54, 1.807) is 0 Å². The van der Waals surface area contributed by atoms with E-state index in [0.717, 1.165) is 12.8 Å². The molecule has 0 radical (unpaired) electrons. The van der Waals surface area contributed by atoms with E-state index in [9.17, 15) is 4.79 Å². The first-order chi connectivity index (χ1) is 12.6. The number of carbonyl (C=O) groups is 1. The number of hydrogen-bond acceptors (Lipinski definition) is 5. The van der Waals surface area contributed by atoms with Crippen LogP contribution in [0.1, 0.15) is 38.3 Å². The molecule has 160 valence electrons. The molecule has 6 nitrogen and oxygen atoms in total. The molecule has 2 saturated heterocycles. The van der Waals surface area contributed by atoms with Gasteiger partial charge in [0.25, 0.3) is 0 Å². The van der Waals surface area contributed by atoms with Crippen LogP contribution < -0.4 is 16.0 Å². The van der Waals surface area contributed by atoms with Crippen molar-refractivity contribution in [2.45, 2.75) is 50.4 Å². The first kappa shape index (κ1) is 25.1. The van der Waals surface area contributed by atoms with Gasteiger partial charge in [0, 0.05) is 37.9 Å². The normalized spacial score (nSPS) is 24.9. The van der Waals surface area contributed by atoms with Crippen molar-refractivity contribution in [1.82, 2.24) is 16.0 Å². The predicted octanol–water partition coefficient (Wildman–Crippen LogP) is 2.22. The zero-order valence-electron chi connectivity index (χ0n) is 16.6. The highest BCUT2D eigenvalue weighted by molar-refractivity contribution is 5.85. The Kier molecular flexibility index (Phi) is 10.7. The topological polar surface area (TPSA) is 71.6 Å². The van der Waals surface area contributed by atoms with Crippen LogP contribution in [0.15, 0.2) is 30.3 Å². The van der Waals surface area contributed by atoms with Gasteiger partial charge in [-0.15, -0.1) is 24.8 Å². The highest BCUT2D eigenvalue weighted by atomic mass is 35.5. The number of hydrogen-bond donors (Lipinski definition) is 3. The van der Waals surface area contributed by atoms with Gasteiger partial charge in [-0.3, -0.25) is 4.79 Å². The van der Waals surface area contributed by atoms with Crippen molar-refractivity contribution < 1.29 is 14.3 Å². The van der Waals surface area contributed by atoms with Crippen LogP contribution in [-0.2, 0) is 14.3 Å². The molecule has 1 aromatic carbocycles. The maximum absolute atomic E-state index is 12.6. The lowest BCUT2D eigenvalue weighted by Crippen LogP contribution is -2.61. The standard InChI is InChI=1S/C20H31N3O3.2ClH/c1-15(17-6-4-3-5-7-17)23-20(8-11-25-12-9-20)14-22-19(24)18-16(2)26-13-10-21-18;;/h3-7,15-16,18,21,23H,8-14H2,1-2H3,(H,22,24);2*1H/t15?,16-,18+;;/m1../s1. The lowest BCUT2D eigenvalue weighted by Gasteiger charge is -2.41. The van der Waals surface area contributed by atoms with Crippen molar-refractivity contribution in [3.8, 4) is 0 Å². The molecule has 0 aromatic heterocycles. The number of ether oxygens (including phenoxy) is 2. The minimum atomic E-state index is -0.285. The molecule has 1 aromatic rings. The zero-order valence-corrected chi connectivity index (χ0v) is 18.2. The van der Waals surface area contributed by atoms with Gasteiger partial charge in [-0.25, -0.2) is 0 Å². The van der Waals surface area contributed by atoms with Crippen LogP contribution in [0.4, 0.5) is 0 Å². The molecule has 2 aliphatic rings. The van der Waals surface area contributed by atoms with Crippen LogP contribution in [0.25, 0.3) is 0 Å². The lowest BCUT2D eigenvalue weighted by atomic mass is 9.88. The number of carbonyl (C=O) groups excluding carboxylic acids is 1. The largest absolute Gasteiger partial charge is 0.381 e. The van der Waals surface area contributed by atoms with Gasteiger partial charge in [0.15, 0.2) is 0 Å².